The lowest BCUT2D eigenvalue weighted by atomic mass is 10.1. The molecule has 15 heavy (non-hydrogen) atoms. The summed E-state index contributed by atoms with van der Waals surface area (Å²) < 4.78 is 0. The van der Waals surface area contributed by atoms with Gasteiger partial charge < -0.3 is 0 Å². The van der Waals surface area contributed by atoms with Gasteiger partial charge in [-0.1, -0.05) is 43.3 Å². The smallest absolute Gasteiger partial charge is 0.0233 e. The summed E-state index contributed by atoms with van der Waals surface area (Å²) in [6.07, 6.45) is 4.10. The standard InChI is InChI=1S/C14H19N/c1-13(14-8-4-2-5-9-14)12-15-10-6-3-7-11-15/h2,4-5,8-9H,1,3,6-7,10-12H2. The van der Waals surface area contributed by atoms with Crippen molar-refractivity contribution in [2.75, 3.05) is 19.6 Å². The van der Waals surface area contributed by atoms with E-state index in [0.29, 0.717) is 0 Å². The summed E-state index contributed by atoms with van der Waals surface area (Å²) in [6, 6.07) is 10.5. The van der Waals surface area contributed by atoms with Gasteiger partial charge in [-0.25, -0.2) is 0 Å². The fourth-order valence-corrected chi connectivity index (χ4v) is 2.15. The highest BCUT2D eigenvalue weighted by Gasteiger charge is 2.11. The molecule has 1 aromatic rings. The Hall–Kier alpha value is -1.08. The predicted octanol–water partition coefficient (Wildman–Crippen LogP) is 3.19. The van der Waals surface area contributed by atoms with E-state index in [1.165, 1.54) is 43.5 Å². The molecule has 0 bridgehead atoms. The molecule has 1 aromatic carbocycles. The molecule has 80 valence electrons. The van der Waals surface area contributed by atoms with Gasteiger partial charge >= 0.3 is 0 Å². The molecule has 0 N–H and O–H groups in total. The lowest BCUT2D eigenvalue weighted by molar-refractivity contribution is 0.255. The second-order valence-electron chi connectivity index (χ2n) is 4.31. The molecule has 0 unspecified atom stereocenters. The fraction of sp³-hybridized carbons (Fsp3) is 0.429. The molecular weight excluding hydrogens is 182 g/mol. The first-order chi connectivity index (χ1) is 7.36. The molecule has 1 aliphatic heterocycles. The van der Waals surface area contributed by atoms with Gasteiger partial charge in [0.2, 0.25) is 0 Å². The molecule has 0 spiro atoms. The van der Waals surface area contributed by atoms with Crippen LogP contribution in [0.4, 0.5) is 0 Å². The van der Waals surface area contributed by atoms with Crippen LogP contribution >= 0.6 is 0 Å². The van der Waals surface area contributed by atoms with Crippen molar-refractivity contribution < 1.29 is 0 Å². The van der Waals surface area contributed by atoms with E-state index in [1.807, 2.05) is 0 Å². The molecule has 1 heteroatoms. The number of piperidine rings is 1. The van der Waals surface area contributed by atoms with Crippen LogP contribution in [0.1, 0.15) is 24.8 Å². The second-order valence-corrected chi connectivity index (χ2v) is 4.31. The Labute approximate surface area is 92.4 Å². The van der Waals surface area contributed by atoms with Gasteiger partial charge in [0.15, 0.2) is 0 Å². The lowest BCUT2D eigenvalue weighted by Crippen LogP contribution is -2.30. The third-order valence-corrected chi connectivity index (χ3v) is 3.05. The molecule has 0 aliphatic carbocycles. The van der Waals surface area contributed by atoms with Gasteiger partial charge in [-0.2, -0.15) is 0 Å². The highest BCUT2D eigenvalue weighted by molar-refractivity contribution is 5.64. The van der Waals surface area contributed by atoms with Crippen molar-refractivity contribution in [2.24, 2.45) is 0 Å². The molecule has 1 nitrogen and oxygen atoms in total. The van der Waals surface area contributed by atoms with Gasteiger partial charge in [0.25, 0.3) is 0 Å². The predicted molar refractivity (Wildman–Crippen MR) is 65.8 cm³/mol. The summed E-state index contributed by atoms with van der Waals surface area (Å²) in [6.45, 7) is 7.69. The Balaban J connectivity index is 1.91. The summed E-state index contributed by atoms with van der Waals surface area (Å²) in [4.78, 5) is 2.51. The van der Waals surface area contributed by atoms with Gasteiger partial charge in [0.05, 0.1) is 0 Å². The Morgan fingerprint density at radius 3 is 2.40 bits per heavy atom. The maximum Gasteiger partial charge on any atom is 0.0233 e. The Morgan fingerprint density at radius 2 is 1.73 bits per heavy atom. The molecule has 0 atom stereocenters. The molecule has 1 aliphatic rings. The van der Waals surface area contributed by atoms with Crippen molar-refractivity contribution in [1.82, 2.24) is 4.90 Å². The number of likely N-dealkylation sites (tertiary alicyclic amines) is 1. The van der Waals surface area contributed by atoms with Crippen LogP contribution in [0.2, 0.25) is 0 Å². The summed E-state index contributed by atoms with van der Waals surface area (Å²) in [7, 11) is 0. The van der Waals surface area contributed by atoms with Gasteiger partial charge in [0, 0.05) is 6.54 Å². The van der Waals surface area contributed by atoms with Gasteiger partial charge in [0.1, 0.15) is 0 Å². The zero-order chi connectivity index (χ0) is 10.5. The number of benzene rings is 1. The SMILES string of the molecule is C=C(CN1CCCCC1)c1ccccc1. The first kappa shape index (κ1) is 10.4. The summed E-state index contributed by atoms with van der Waals surface area (Å²) >= 11 is 0. The average molecular weight is 201 g/mol. The third kappa shape index (κ3) is 2.93. The molecule has 2 rings (SSSR count). The van der Waals surface area contributed by atoms with Crippen molar-refractivity contribution >= 4 is 5.57 Å². The van der Waals surface area contributed by atoms with Crippen LogP contribution in [-0.4, -0.2) is 24.5 Å². The summed E-state index contributed by atoms with van der Waals surface area (Å²) in [5, 5.41) is 0. The van der Waals surface area contributed by atoms with Crippen molar-refractivity contribution in [3.05, 3.63) is 42.5 Å². The van der Waals surface area contributed by atoms with Crippen molar-refractivity contribution in [3.63, 3.8) is 0 Å². The lowest BCUT2D eigenvalue weighted by Gasteiger charge is -2.27. The number of hydrogen-bond acceptors (Lipinski definition) is 1. The normalized spacial score (nSPS) is 17.6. The van der Waals surface area contributed by atoms with E-state index in [2.05, 4.69) is 41.8 Å². The molecule has 0 amide bonds. The van der Waals surface area contributed by atoms with Crippen LogP contribution in [0.5, 0.6) is 0 Å². The van der Waals surface area contributed by atoms with Crippen molar-refractivity contribution in [2.45, 2.75) is 19.3 Å². The van der Waals surface area contributed by atoms with Crippen LogP contribution < -0.4 is 0 Å². The zero-order valence-corrected chi connectivity index (χ0v) is 9.28. The monoisotopic (exact) mass is 201 g/mol. The minimum atomic E-state index is 1.03. The second kappa shape index (κ2) is 5.13. The first-order valence-electron chi connectivity index (χ1n) is 5.82. The molecule has 1 fully saturated rings. The van der Waals surface area contributed by atoms with Gasteiger partial charge in [-0.05, 0) is 37.1 Å². The largest absolute Gasteiger partial charge is 0.299 e. The van der Waals surface area contributed by atoms with E-state index in [-0.39, 0.29) is 0 Å². The molecule has 1 heterocycles. The van der Waals surface area contributed by atoms with Gasteiger partial charge in [-0.15, -0.1) is 0 Å². The third-order valence-electron chi connectivity index (χ3n) is 3.05. The number of hydrogen-bond donors (Lipinski definition) is 0. The average Bonchev–Trinajstić information content (AvgIpc) is 2.31. The minimum Gasteiger partial charge on any atom is -0.299 e. The van der Waals surface area contributed by atoms with Crippen LogP contribution in [0.15, 0.2) is 36.9 Å². The van der Waals surface area contributed by atoms with Crippen LogP contribution in [0.3, 0.4) is 0 Å². The fourth-order valence-electron chi connectivity index (χ4n) is 2.15. The minimum absolute atomic E-state index is 1.03. The molecular formula is C14H19N. The van der Waals surface area contributed by atoms with E-state index in [1.54, 1.807) is 0 Å². The Kier molecular flexibility index (Phi) is 3.57. The zero-order valence-electron chi connectivity index (χ0n) is 9.28. The quantitative estimate of drug-likeness (QED) is 0.726. The van der Waals surface area contributed by atoms with Crippen LogP contribution in [0, 0.1) is 0 Å². The summed E-state index contributed by atoms with van der Waals surface area (Å²) in [5.41, 5.74) is 2.53. The molecule has 0 aromatic heterocycles. The Bertz CT molecular complexity index is 309. The van der Waals surface area contributed by atoms with Crippen molar-refractivity contribution in [1.29, 1.82) is 0 Å². The first-order valence-corrected chi connectivity index (χ1v) is 5.82. The topological polar surface area (TPSA) is 3.24 Å². The maximum atomic E-state index is 4.18. The molecule has 0 saturated carbocycles. The van der Waals surface area contributed by atoms with E-state index >= 15 is 0 Å². The van der Waals surface area contributed by atoms with E-state index in [0.717, 1.165) is 6.54 Å². The van der Waals surface area contributed by atoms with E-state index in [4.69, 9.17) is 0 Å². The molecule has 1 saturated heterocycles. The number of nitrogens with zero attached hydrogens (tertiary/aromatic N) is 1. The summed E-state index contributed by atoms with van der Waals surface area (Å²) in [5.74, 6) is 0. The van der Waals surface area contributed by atoms with Crippen molar-refractivity contribution in [3.8, 4) is 0 Å². The molecule has 0 radical (unpaired) electrons. The van der Waals surface area contributed by atoms with Gasteiger partial charge in [-0.3, -0.25) is 4.90 Å². The Morgan fingerprint density at radius 1 is 1.07 bits per heavy atom. The van der Waals surface area contributed by atoms with E-state index in [9.17, 15) is 0 Å². The van der Waals surface area contributed by atoms with Crippen LogP contribution in [0.25, 0.3) is 5.57 Å². The highest BCUT2D eigenvalue weighted by Crippen LogP contribution is 2.16. The maximum absolute atomic E-state index is 4.18. The highest BCUT2D eigenvalue weighted by atomic mass is 15.1. The van der Waals surface area contributed by atoms with Crippen LogP contribution in [-0.2, 0) is 0 Å². The van der Waals surface area contributed by atoms with E-state index < -0.39 is 0 Å². The number of rotatable bonds is 3.